The van der Waals surface area contributed by atoms with Gasteiger partial charge in [-0.2, -0.15) is 0 Å². The Morgan fingerprint density at radius 3 is 2.70 bits per heavy atom. The number of hydrogen-bond acceptors (Lipinski definition) is 4. The van der Waals surface area contributed by atoms with Gasteiger partial charge in [-0.25, -0.2) is 15.2 Å². The molecule has 0 aromatic heterocycles. The minimum absolute atomic E-state index is 0.0582. The predicted molar refractivity (Wildman–Crippen MR) is 62.3 cm³/mol. The quantitative estimate of drug-likeness (QED) is 0.925. The maximum absolute atomic E-state index is 12.0. The number of ether oxygens (including phenoxy) is 2. The number of hydrazine groups is 1. The highest BCUT2D eigenvalue weighted by Gasteiger charge is 2.38. The predicted octanol–water partition coefficient (Wildman–Crippen LogP) is 2.05. The van der Waals surface area contributed by atoms with Crippen LogP contribution < -0.4 is 5.43 Å². The SMILES string of the molecule is O=C(OCc1ccccc1)N1CC(OC(F)(F)F)CN1. The van der Waals surface area contributed by atoms with E-state index in [4.69, 9.17) is 4.74 Å². The molecule has 1 heterocycles. The highest BCUT2D eigenvalue weighted by molar-refractivity contribution is 5.67. The van der Waals surface area contributed by atoms with E-state index in [1.54, 1.807) is 24.3 Å². The number of carbonyl (C=O) groups is 1. The summed E-state index contributed by atoms with van der Waals surface area (Å²) in [6.07, 6.45) is -6.57. The van der Waals surface area contributed by atoms with Gasteiger partial charge in [0.25, 0.3) is 0 Å². The van der Waals surface area contributed by atoms with Gasteiger partial charge in [-0.1, -0.05) is 30.3 Å². The van der Waals surface area contributed by atoms with Gasteiger partial charge in [0.2, 0.25) is 0 Å². The van der Waals surface area contributed by atoms with Crippen LogP contribution in [0.3, 0.4) is 0 Å². The number of hydrogen-bond donors (Lipinski definition) is 1. The lowest BCUT2D eigenvalue weighted by atomic mass is 10.2. The minimum atomic E-state index is -4.71. The van der Waals surface area contributed by atoms with Gasteiger partial charge in [0.05, 0.1) is 6.54 Å². The summed E-state index contributed by atoms with van der Waals surface area (Å²) >= 11 is 0. The fourth-order valence-electron chi connectivity index (χ4n) is 1.75. The fraction of sp³-hybridized carbons (Fsp3) is 0.417. The minimum Gasteiger partial charge on any atom is -0.444 e. The number of alkyl halides is 3. The van der Waals surface area contributed by atoms with Crippen LogP contribution in [0.5, 0.6) is 0 Å². The van der Waals surface area contributed by atoms with Crippen molar-refractivity contribution in [1.29, 1.82) is 0 Å². The van der Waals surface area contributed by atoms with Crippen molar-refractivity contribution in [2.75, 3.05) is 13.1 Å². The summed E-state index contributed by atoms with van der Waals surface area (Å²) in [4.78, 5) is 11.6. The average Bonchev–Trinajstić information content (AvgIpc) is 2.83. The summed E-state index contributed by atoms with van der Waals surface area (Å²) < 4.78 is 44.9. The van der Waals surface area contributed by atoms with E-state index in [2.05, 4.69) is 10.2 Å². The first-order chi connectivity index (χ1) is 9.44. The van der Waals surface area contributed by atoms with Crippen LogP contribution in [0.25, 0.3) is 0 Å². The zero-order valence-corrected chi connectivity index (χ0v) is 10.4. The van der Waals surface area contributed by atoms with Crippen LogP contribution in [0.1, 0.15) is 5.56 Å². The molecule has 110 valence electrons. The van der Waals surface area contributed by atoms with Gasteiger partial charge in [-0.15, -0.1) is 13.2 Å². The molecule has 8 heteroatoms. The summed E-state index contributed by atoms with van der Waals surface area (Å²) in [5, 5.41) is 0.972. The van der Waals surface area contributed by atoms with Crippen LogP contribution >= 0.6 is 0 Å². The first-order valence-electron chi connectivity index (χ1n) is 5.90. The molecular weight excluding hydrogens is 277 g/mol. The van der Waals surface area contributed by atoms with Crippen molar-refractivity contribution < 1.29 is 27.4 Å². The van der Waals surface area contributed by atoms with Crippen LogP contribution in [0.15, 0.2) is 30.3 Å². The summed E-state index contributed by atoms with van der Waals surface area (Å²) in [7, 11) is 0. The van der Waals surface area contributed by atoms with Gasteiger partial charge in [0.1, 0.15) is 12.7 Å². The first-order valence-corrected chi connectivity index (χ1v) is 5.90. The second-order valence-corrected chi connectivity index (χ2v) is 4.20. The molecule has 0 radical (unpaired) electrons. The molecule has 0 bridgehead atoms. The molecule has 1 aromatic rings. The standard InChI is InChI=1S/C12H13F3N2O3/c13-12(14,15)20-10-6-16-17(7-10)11(18)19-8-9-4-2-1-3-5-9/h1-5,10,16H,6-8H2. The van der Waals surface area contributed by atoms with Gasteiger partial charge in [-0.3, -0.25) is 4.74 Å². The van der Waals surface area contributed by atoms with Gasteiger partial charge in [-0.05, 0) is 5.56 Å². The maximum Gasteiger partial charge on any atom is 0.522 e. The van der Waals surface area contributed by atoms with Crippen LogP contribution in [0.4, 0.5) is 18.0 Å². The Kier molecular flexibility index (Phi) is 4.46. The molecule has 1 N–H and O–H groups in total. The Bertz CT molecular complexity index is 453. The third-order valence-corrected chi connectivity index (χ3v) is 2.62. The molecule has 0 aliphatic carbocycles. The highest BCUT2D eigenvalue weighted by Crippen LogP contribution is 2.20. The third-order valence-electron chi connectivity index (χ3n) is 2.62. The Balaban J connectivity index is 1.77. The van der Waals surface area contributed by atoms with Crippen molar-refractivity contribution >= 4 is 6.09 Å². The van der Waals surface area contributed by atoms with Gasteiger partial charge < -0.3 is 4.74 Å². The van der Waals surface area contributed by atoms with Gasteiger partial charge in [0.15, 0.2) is 0 Å². The van der Waals surface area contributed by atoms with E-state index in [1.807, 2.05) is 6.07 Å². The average molecular weight is 290 g/mol. The second-order valence-electron chi connectivity index (χ2n) is 4.20. The smallest absolute Gasteiger partial charge is 0.444 e. The highest BCUT2D eigenvalue weighted by atomic mass is 19.4. The number of nitrogens with zero attached hydrogens (tertiary/aromatic N) is 1. The summed E-state index contributed by atoms with van der Waals surface area (Å²) in [6.45, 7) is -0.254. The molecule has 1 amide bonds. The van der Waals surface area contributed by atoms with E-state index in [1.165, 1.54) is 0 Å². The van der Waals surface area contributed by atoms with E-state index in [0.29, 0.717) is 0 Å². The zero-order valence-electron chi connectivity index (χ0n) is 10.4. The molecular formula is C12H13F3N2O3. The number of nitrogens with one attached hydrogen (secondary N) is 1. The summed E-state index contributed by atoms with van der Waals surface area (Å²) in [5.41, 5.74) is 3.29. The molecule has 0 saturated carbocycles. The summed E-state index contributed by atoms with van der Waals surface area (Å²) in [6, 6.07) is 8.97. The van der Waals surface area contributed by atoms with Crippen LogP contribution in [0.2, 0.25) is 0 Å². The second kappa shape index (κ2) is 6.10. The Morgan fingerprint density at radius 1 is 1.35 bits per heavy atom. The Morgan fingerprint density at radius 2 is 2.05 bits per heavy atom. The van der Waals surface area contributed by atoms with Crippen LogP contribution in [-0.2, 0) is 16.1 Å². The number of amides is 1. The van der Waals surface area contributed by atoms with E-state index in [9.17, 15) is 18.0 Å². The normalized spacial score (nSPS) is 19.1. The molecule has 20 heavy (non-hydrogen) atoms. The van der Waals surface area contributed by atoms with E-state index in [-0.39, 0.29) is 19.7 Å². The molecule has 1 atom stereocenters. The molecule has 1 aliphatic heterocycles. The fourth-order valence-corrected chi connectivity index (χ4v) is 1.75. The van der Waals surface area contributed by atoms with Crippen molar-refractivity contribution in [3.8, 4) is 0 Å². The lowest BCUT2D eigenvalue weighted by molar-refractivity contribution is -0.338. The molecule has 5 nitrogen and oxygen atoms in total. The molecule has 1 aliphatic rings. The number of carbonyl (C=O) groups excluding carboxylic acids is 1. The molecule has 1 aromatic carbocycles. The molecule has 2 rings (SSSR count). The van der Waals surface area contributed by atoms with Crippen LogP contribution in [-0.4, -0.2) is 36.7 Å². The molecule has 1 fully saturated rings. The van der Waals surface area contributed by atoms with E-state index < -0.39 is 18.6 Å². The van der Waals surface area contributed by atoms with Crippen molar-refractivity contribution in [3.63, 3.8) is 0 Å². The topological polar surface area (TPSA) is 50.8 Å². The zero-order chi connectivity index (χ0) is 14.6. The number of halogens is 3. The summed E-state index contributed by atoms with van der Waals surface area (Å²) in [5.74, 6) is 0. The van der Waals surface area contributed by atoms with Gasteiger partial charge in [0, 0.05) is 6.54 Å². The van der Waals surface area contributed by atoms with Crippen LogP contribution in [0, 0.1) is 0 Å². The van der Waals surface area contributed by atoms with Crippen molar-refractivity contribution in [2.24, 2.45) is 0 Å². The molecule has 1 unspecified atom stereocenters. The third kappa shape index (κ3) is 4.39. The van der Waals surface area contributed by atoms with Crippen molar-refractivity contribution in [2.45, 2.75) is 19.1 Å². The lowest BCUT2D eigenvalue weighted by Gasteiger charge is -2.16. The monoisotopic (exact) mass is 290 g/mol. The molecule has 1 saturated heterocycles. The number of rotatable bonds is 3. The van der Waals surface area contributed by atoms with Crippen molar-refractivity contribution in [3.05, 3.63) is 35.9 Å². The van der Waals surface area contributed by atoms with Gasteiger partial charge >= 0.3 is 12.5 Å². The maximum atomic E-state index is 12.0. The Labute approximate surface area is 113 Å². The molecule has 0 spiro atoms. The van der Waals surface area contributed by atoms with E-state index >= 15 is 0 Å². The Hall–Kier alpha value is -1.80. The van der Waals surface area contributed by atoms with E-state index in [0.717, 1.165) is 10.6 Å². The number of benzene rings is 1. The largest absolute Gasteiger partial charge is 0.522 e. The first kappa shape index (κ1) is 14.6. The van der Waals surface area contributed by atoms with Crippen molar-refractivity contribution in [1.82, 2.24) is 10.4 Å². The lowest BCUT2D eigenvalue weighted by Crippen LogP contribution is -2.37.